The predicted octanol–water partition coefficient (Wildman–Crippen LogP) is 3.81. The number of carbonyl (C=O) groups excluding carboxylic acids is 1. The van der Waals surface area contributed by atoms with E-state index in [-0.39, 0.29) is 11.7 Å². The highest BCUT2D eigenvalue weighted by molar-refractivity contribution is 5.94. The number of anilines is 1. The average molecular weight is 379 g/mol. The summed E-state index contributed by atoms with van der Waals surface area (Å²) in [6.45, 7) is 1.04. The lowest BCUT2D eigenvalue weighted by molar-refractivity contribution is 0.0954. The number of amides is 1. The Morgan fingerprint density at radius 2 is 1.86 bits per heavy atom. The normalized spacial score (nSPS) is 10.4. The zero-order chi connectivity index (χ0) is 19.8. The molecule has 0 fully saturated rings. The van der Waals surface area contributed by atoms with Gasteiger partial charge in [-0.05, 0) is 42.3 Å². The lowest BCUT2D eigenvalue weighted by Crippen LogP contribution is -2.25. The first-order chi connectivity index (χ1) is 13.7. The summed E-state index contributed by atoms with van der Waals surface area (Å²) in [5.74, 6) is 1.03. The molecule has 0 spiro atoms. The van der Waals surface area contributed by atoms with E-state index in [1.54, 1.807) is 31.4 Å². The van der Waals surface area contributed by atoms with Crippen LogP contribution in [0.25, 0.3) is 0 Å². The van der Waals surface area contributed by atoms with Crippen molar-refractivity contribution in [2.75, 3.05) is 19.0 Å². The van der Waals surface area contributed by atoms with E-state index >= 15 is 0 Å². The fourth-order valence-electron chi connectivity index (χ4n) is 2.74. The molecule has 28 heavy (non-hydrogen) atoms. The summed E-state index contributed by atoms with van der Waals surface area (Å²) in [6.07, 6.45) is 2.18. The third-order valence-electron chi connectivity index (χ3n) is 4.29. The first kappa shape index (κ1) is 19.4. The Labute approximate surface area is 163 Å². The van der Waals surface area contributed by atoms with Crippen molar-refractivity contribution in [2.24, 2.45) is 0 Å². The van der Waals surface area contributed by atoms with E-state index < -0.39 is 0 Å². The number of benzene rings is 2. The minimum absolute atomic E-state index is 0.189. The van der Waals surface area contributed by atoms with Crippen molar-refractivity contribution in [3.63, 3.8) is 0 Å². The second-order valence-electron chi connectivity index (χ2n) is 6.23. The van der Waals surface area contributed by atoms with Crippen LogP contribution in [0.5, 0.6) is 5.75 Å². The summed E-state index contributed by atoms with van der Waals surface area (Å²) < 4.78 is 18.2. The standard InChI is InChI=1S/C22H22FN3O2/c1-28-20-5-3-2-4-17(20)14-25-21-11-8-18(15-26-21)22(27)24-13-12-16-6-9-19(23)10-7-16/h2-11,15H,12-14H2,1H3,(H,24,27)(H,25,26). The quantitative estimate of drug-likeness (QED) is 0.625. The van der Waals surface area contributed by atoms with Gasteiger partial charge in [0.05, 0.1) is 12.7 Å². The molecule has 144 valence electrons. The minimum atomic E-state index is -0.265. The Kier molecular flexibility index (Phi) is 6.57. The number of halogens is 1. The summed E-state index contributed by atoms with van der Waals surface area (Å²) in [5, 5.41) is 6.06. The number of ether oxygens (including phenoxy) is 1. The van der Waals surface area contributed by atoms with Crippen molar-refractivity contribution in [3.8, 4) is 5.75 Å². The number of rotatable bonds is 8. The molecule has 0 aliphatic heterocycles. The summed E-state index contributed by atoms with van der Waals surface area (Å²) >= 11 is 0. The van der Waals surface area contributed by atoms with E-state index in [1.165, 1.54) is 18.3 Å². The van der Waals surface area contributed by atoms with Gasteiger partial charge in [-0.15, -0.1) is 0 Å². The SMILES string of the molecule is COc1ccccc1CNc1ccc(C(=O)NCCc2ccc(F)cc2)cn1. The van der Waals surface area contributed by atoms with Gasteiger partial charge in [-0.2, -0.15) is 0 Å². The van der Waals surface area contributed by atoms with Crippen LogP contribution in [0.2, 0.25) is 0 Å². The third-order valence-corrected chi connectivity index (χ3v) is 4.29. The van der Waals surface area contributed by atoms with Gasteiger partial charge in [-0.1, -0.05) is 30.3 Å². The zero-order valence-electron chi connectivity index (χ0n) is 15.6. The van der Waals surface area contributed by atoms with Crippen molar-refractivity contribution >= 4 is 11.7 Å². The van der Waals surface area contributed by atoms with Crippen molar-refractivity contribution in [1.29, 1.82) is 0 Å². The van der Waals surface area contributed by atoms with Crippen molar-refractivity contribution in [1.82, 2.24) is 10.3 Å². The van der Waals surface area contributed by atoms with E-state index in [1.807, 2.05) is 24.3 Å². The number of para-hydroxylation sites is 1. The maximum absolute atomic E-state index is 12.9. The number of hydrogen-bond acceptors (Lipinski definition) is 4. The van der Waals surface area contributed by atoms with Gasteiger partial charge in [0.25, 0.3) is 5.91 Å². The van der Waals surface area contributed by atoms with Crippen LogP contribution in [0, 0.1) is 5.82 Å². The van der Waals surface area contributed by atoms with E-state index in [4.69, 9.17) is 4.74 Å². The molecule has 2 N–H and O–H groups in total. The van der Waals surface area contributed by atoms with Gasteiger partial charge in [0.15, 0.2) is 0 Å². The van der Waals surface area contributed by atoms with Crippen LogP contribution in [0.15, 0.2) is 66.9 Å². The molecular formula is C22H22FN3O2. The molecule has 3 rings (SSSR count). The number of pyridine rings is 1. The molecular weight excluding hydrogens is 357 g/mol. The fourth-order valence-corrected chi connectivity index (χ4v) is 2.74. The zero-order valence-corrected chi connectivity index (χ0v) is 15.6. The van der Waals surface area contributed by atoms with Crippen molar-refractivity contribution in [2.45, 2.75) is 13.0 Å². The molecule has 6 heteroatoms. The second kappa shape index (κ2) is 9.50. The number of hydrogen-bond donors (Lipinski definition) is 2. The highest BCUT2D eigenvalue weighted by Crippen LogP contribution is 2.18. The molecule has 0 unspecified atom stereocenters. The van der Waals surface area contributed by atoms with E-state index in [0.717, 1.165) is 16.9 Å². The van der Waals surface area contributed by atoms with Crippen LogP contribution in [-0.2, 0) is 13.0 Å². The molecule has 0 radical (unpaired) electrons. The first-order valence-electron chi connectivity index (χ1n) is 9.00. The molecule has 0 saturated carbocycles. The number of aromatic nitrogens is 1. The largest absolute Gasteiger partial charge is 0.496 e. The van der Waals surface area contributed by atoms with E-state index in [9.17, 15) is 9.18 Å². The predicted molar refractivity (Wildman–Crippen MR) is 107 cm³/mol. The second-order valence-corrected chi connectivity index (χ2v) is 6.23. The van der Waals surface area contributed by atoms with E-state index in [2.05, 4.69) is 15.6 Å². The molecule has 5 nitrogen and oxygen atoms in total. The maximum Gasteiger partial charge on any atom is 0.252 e. The molecule has 0 bridgehead atoms. The summed E-state index contributed by atoms with van der Waals surface area (Å²) in [4.78, 5) is 16.5. The van der Waals surface area contributed by atoms with E-state index in [0.29, 0.717) is 30.9 Å². The minimum Gasteiger partial charge on any atom is -0.496 e. The van der Waals surface area contributed by atoms with Crippen LogP contribution in [0.1, 0.15) is 21.5 Å². The molecule has 0 aliphatic rings. The molecule has 0 atom stereocenters. The summed E-state index contributed by atoms with van der Waals surface area (Å²) in [6, 6.07) is 17.5. The Balaban J connectivity index is 1.49. The van der Waals surface area contributed by atoms with Gasteiger partial charge >= 0.3 is 0 Å². The van der Waals surface area contributed by atoms with Crippen molar-refractivity contribution < 1.29 is 13.9 Å². The molecule has 2 aromatic carbocycles. The van der Waals surface area contributed by atoms with Crippen LogP contribution in [0.3, 0.4) is 0 Å². The van der Waals surface area contributed by atoms with Crippen LogP contribution in [0.4, 0.5) is 10.2 Å². The van der Waals surface area contributed by atoms with Gasteiger partial charge in [-0.3, -0.25) is 4.79 Å². The Morgan fingerprint density at radius 1 is 1.07 bits per heavy atom. The first-order valence-corrected chi connectivity index (χ1v) is 9.00. The topological polar surface area (TPSA) is 63.2 Å². The molecule has 0 saturated heterocycles. The lowest BCUT2D eigenvalue weighted by atomic mass is 10.1. The monoisotopic (exact) mass is 379 g/mol. The van der Waals surface area contributed by atoms with Gasteiger partial charge in [-0.25, -0.2) is 9.37 Å². The van der Waals surface area contributed by atoms with Crippen LogP contribution in [-0.4, -0.2) is 24.5 Å². The highest BCUT2D eigenvalue weighted by Gasteiger charge is 2.07. The molecule has 3 aromatic rings. The van der Waals surface area contributed by atoms with Crippen LogP contribution >= 0.6 is 0 Å². The Bertz CT molecular complexity index is 912. The van der Waals surface area contributed by atoms with Crippen molar-refractivity contribution in [3.05, 3.63) is 89.4 Å². The number of methoxy groups -OCH3 is 1. The molecule has 0 aliphatic carbocycles. The molecule has 1 aromatic heterocycles. The lowest BCUT2D eigenvalue weighted by Gasteiger charge is -2.10. The molecule has 1 amide bonds. The molecule has 1 heterocycles. The van der Waals surface area contributed by atoms with Crippen LogP contribution < -0.4 is 15.4 Å². The average Bonchev–Trinajstić information content (AvgIpc) is 2.74. The number of carbonyl (C=O) groups is 1. The third kappa shape index (κ3) is 5.30. The smallest absolute Gasteiger partial charge is 0.252 e. The van der Waals surface area contributed by atoms with Gasteiger partial charge in [0, 0.05) is 24.8 Å². The maximum atomic E-state index is 12.9. The van der Waals surface area contributed by atoms with Gasteiger partial charge < -0.3 is 15.4 Å². The Hall–Kier alpha value is -3.41. The van der Waals surface area contributed by atoms with Gasteiger partial charge in [0.1, 0.15) is 17.4 Å². The highest BCUT2D eigenvalue weighted by atomic mass is 19.1. The summed E-state index contributed by atoms with van der Waals surface area (Å²) in [5.41, 5.74) is 2.48. The fraction of sp³-hybridized carbons (Fsp3) is 0.182. The summed E-state index contributed by atoms with van der Waals surface area (Å²) in [7, 11) is 1.64. The Morgan fingerprint density at radius 3 is 2.57 bits per heavy atom. The number of nitrogens with zero attached hydrogens (tertiary/aromatic N) is 1. The number of nitrogens with one attached hydrogen (secondary N) is 2. The van der Waals surface area contributed by atoms with Gasteiger partial charge in [0.2, 0.25) is 0 Å².